The molecule has 0 aliphatic heterocycles. The minimum absolute atomic E-state index is 0.0922. The molecule has 3 aromatic rings. The molecule has 1 N–H and O–H groups in total. The van der Waals surface area contributed by atoms with Crippen LogP contribution >= 0.6 is 0 Å². The molecule has 160 valence electrons. The van der Waals surface area contributed by atoms with E-state index in [2.05, 4.69) is 19.2 Å². The molecule has 3 aromatic carbocycles. The molecular weight excluding hydrogens is 396 g/mol. The lowest BCUT2D eigenvalue weighted by Crippen LogP contribution is -2.13. The lowest BCUT2D eigenvalue weighted by molar-refractivity contribution is -0.384. The van der Waals surface area contributed by atoms with Crippen molar-refractivity contribution < 1.29 is 19.2 Å². The monoisotopic (exact) mass is 420 g/mol. The van der Waals surface area contributed by atoms with Crippen molar-refractivity contribution in [3.63, 3.8) is 0 Å². The number of methoxy groups -OCH3 is 1. The minimum Gasteiger partial charge on any atom is -0.496 e. The Morgan fingerprint density at radius 2 is 1.81 bits per heavy atom. The van der Waals surface area contributed by atoms with Crippen molar-refractivity contribution >= 4 is 17.3 Å². The maximum Gasteiger partial charge on any atom is 0.271 e. The summed E-state index contributed by atoms with van der Waals surface area (Å²) >= 11 is 0. The third kappa shape index (κ3) is 5.39. The fourth-order valence-corrected chi connectivity index (χ4v) is 3.18. The van der Waals surface area contributed by atoms with Gasteiger partial charge >= 0.3 is 0 Å². The van der Waals surface area contributed by atoms with Crippen molar-refractivity contribution in [1.29, 1.82) is 0 Å². The van der Waals surface area contributed by atoms with Gasteiger partial charge in [0, 0.05) is 28.9 Å². The first kappa shape index (κ1) is 21.8. The molecule has 7 heteroatoms. The molecule has 0 saturated carbocycles. The third-order valence-corrected chi connectivity index (χ3v) is 4.78. The highest BCUT2D eigenvalue weighted by Crippen LogP contribution is 2.28. The maximum absolute atomic E-state index is 12.7. The number of ether oxygens (including phenoxy) is 2. The molecule has 0 aliphatic carbocycles. The summed E-state index contributed by atoms with van der Waals surface area (Å²) in [4.78, 5) is 23.1. The number of non-ortho nitro benzene ring substituents is 1. The van der Waals surface area contributed by atoms with Gasteiger partial charge in [0.2, 0.25) is 0 Å². The van der Waals surface area contributed by atoms with Crippen molar-refractivity contribution in [2.45, 2.75) is 26.4 Å². The van der Waals surface area contributed by atoms with E-state index in [1.807, 2.05) is 24.3 Å². The average Bonchev–Trinajstić information content (AvgIpc) is 2.77. The van der Waals surface area contributed by atoms with Crippen molar-refractivity contribution in [3.8, 4) is 11.5 Å². The highest BCUT2D eigenvalue weighted by Gasteiger charge is 2.14. The van der Waals surface area contributed by atoms with Crippen LogP contribution in [0.15, 0.2) is 66.7 Å². The van der Waals surface area contributed by atoms with E-state index in [-0.39, 0.29) is 18.2 Å². The number of hydrogen-bond donors (Lipinski definition) is 1. The molecule has 3 rings (SSSR count). The highest BCUT2D eigenvalue weighted by atomic mass is 16.6. The zero-order valence-corrected chi connectivity index (χ0v) is 17.6. The second-order valence-electron chi connectivity index (χ2n) is 7.27. The van der Waals surface area contributed by atoms with Crippen LogP contribution in [0.5, 0.6) is 11.5 Å². The molecule has 0 atom stereocenters. The van der Waals surface area contributed by atoms with Crippen LogP contribution in [0.1, 0.15) is 41.3 Å². The van der Waals surface area contributed by atoms with Gasteiger partial charge in [-0.25, -0.2) is 0 Å². The van der Waals surface area contributed by atoms with E-state index in [9.17, 15) is 14.9 Å². The summed E-state index contributed by atoms with van der Waals surface area (Å²) in [6, 6.07) is 18.7. The van der Waals surface area contributed by atoms with Gasteiger partial charge in [-0.3, -0.25) is 14.9 Å². The van der Waals surface area contributed by atoms with Crippen LogP contribution in [-0.2, 0) is 6.61 Å². The fourth-order valence-electron chi connectivity index (χ4n) is 3.18. The van der Waals surface area contributed by atoms with Gasteiger partial charge in [0.05, 0.1) is 12.0 Å². The molecule has 0 heterocycles. The molecule has 0 radical (unpaired) electrons. The van der Waals surface area contributed by atoms with Gasteiger partial charge < -0.3 is 14.8 Å². The van der Waals surface area contributed by atoms with Crippen molar-refractivity contribution in [2.75, 3.05) is 12.4 Å². The van der Waals surface area contributed by atoms with Crippen LogP contribution < -0.4 is 14.8 Å². The normalized spacial score (nSPS) is 10.6. The van der Waals surface area contributed by atoms with E-state index >= 15 is 0 Å². The molecule has 7 nitrogen and oxygen atoms in total. The van der Waals surface area contributed by atoms with Crippen molar-refractivity contribution in [1.82, 2.24) is 0 Å². The number of carbonyl (C=O) groups is 1. The largest absolute Gasteiger partial charge is 0.496 e. The van der Waals surface area contributed by atoms with Gasteiger partial charge in [-0.1, -0.05) is 38.1 Å². The van der Waals surface area contributed by atoms with Gasteiger partial charge in [-0.2, -0.15) is 0 Å². The SMILES string of the molecule is COc1ccc(C(=O)Nc2cccc([N+](=O)[O-])c2)cc1COc1ccccc1C(C)C. The number of amides is 1. The first-order chi connectivity index (χ1) is 14.9. The first-order valence-electron chi connectivity index (χ1n) is 9.83. The number of benzene rings is 3. The quantitative estimate of drug-likeness (QED) is 0.381. The van der Waals surface area contributed by atoms with Crippen LogP contribution in [-0.4, -0.2) is 17.9 Å². The van der Waals surface area contributed by atoms with E-state index < -0.39 is 4.92 Å². The number of anilines is 1. The van der Waals surface area contributed by atoms with E-state index in [1.54, 1.807) is 31.4 Å². The molecule has 0 aliphatic rings. The second-order valence-corrected chi connectivity index (χ2v) is 7.27. The number of carbonyl (C=O) groups excluding carboxylic acids is 1. The van der Waals surface area contributed by atoms with Crippen LogP contribution in [0.2, 0.25) is 0 Å². The number of nitrogens with one attached hydrogen (secondary N) is 1. The highest BCUT2D eigenvalue weighted by molar-refractivity contribution is 6.04. The van der Waals surface area contributed by atoms with Crippen LogP contribution in [0.3, 0.4) is 0 Å². The van der Waals surface area contributed by atoms with Gasteiger partial charge in [-0.15, -0.1) is 0 Å². The molecule has 0 aromatic heterocycles. The molecule has 0 bridgehead atoms. The van der Waals surface area contributed by atoms with Gasteiger partial charge in [0.25, 0.3) is 11.6 Å². The molecule has 0 saturated heterocycles. The average molecular weight is 420 g/mol. The molecule has 31 heavy (non-hydrogen) atoms. The summed E-state index contributed by atoms with van der Waals surface area (Å²) in [7, 11) is 1.56. The Hall–Kier alpha value is -3.87. The topological polar surface area (TPSA) is 90.7 Å². The Morgan fingerprint density at radius 1 is 1.03 bits per heavy atom. The summed E-state index contributed by atoms with van der Waals surface area (Å²) < 4.78 is 11.5. The summed E-state index contributed by atoms with van der Waals surface area (Å²) in [5, 5.41) is 13.6. The number of hydrogen-bond acceptors (Lipinski definition) is 5. The summed E-state index contributed by atoms with van der Waals surface area (Å²) in [5.74, 6) is 1.32. The zero-order chi connectivity index (χ0) is 22.4. The lowest BCUT2D eigenvalue weighted by atomic mass is 10.0. The van der Waals surface area contributed by atoms with E-state index in [0.29, 0.717) is 28.5 Å². The van der Waals surface area contributed by atoms with Gasteiger partial charge in [0.1, 0.15) is 18.1 Å². The summed E-state index contributed by atoms with van der Waals surface area (Å²) in [6.45, 7) is 4.42. The van der Waals surface area contributed by atoms with Gasteiger partial charge in [-0.05, 0) is 41.8 Å². The number of rotatable bonds is 8. The lowest BCUT2D eigenvalue weighted by Gasteiger charge is -2.16. The van der Waals surface area contributed by atoms with Crippen LogP contribution in [0, 0.1) is 10.1 Å². The third-order valence-electron chi connectivity index (χ3n) is 4.78. The Kier molecular flexibility index (Phi) is 6.87. The predicted molar refractivity (Wildman–Crippen MR) is 119 cm³/mol. The smallest absolute Gasteiger partial charge is 0.271 e. The number of nitro groups is 1. The minimum atomic E-state index is -0.506. The van der Waals surface area contributed by atoms with Crippen LogP contribution in [0.25, 0.3) is 0 Å². The summed E-state index contributed by atoms with van der Waals surface area (Å²) in [6.07, 6.45) is 0. The summed E-state index contributed by atoms with van der Waals surface area (Å²) in [5.41, 5.74) is 2.46. The zero-order valence-electron chi connectivity index (χ0n) is 17.6. The van der Waals surface area contributed by atoms with E-state index in [4.69, 9.17) is 9.47 Å². The van der Waals surface area contributed by atoms with Gasteiger partial charge in [0.15, 0.2) is 0 Å². The Labute approximate surface area is 180 Å². The van der Waals surface area contributed by atoms with E-state index in [1.165, 1.54) is 18.2 Å². The number of nitrogens with zero attached hydrogens (tertiary/aromatic N) is 1. The number of nitro benzene ring substituents is 1. The molecule has 1 amide bonds. The molecule has 0 fully saturated rings. The molecule has 0 unspecified atom stereocenters. The maximum atomic E-state index is 12.7. The van der Waals surface area contributed by atoms with Crippen molar-refractivity contribution in [3.05, 3.63) is 93.5 Å². The predicted octanol–water partition coefficient (Wildman–Crippen LogP) is 5.56. The molecular formula is C24H24N2O5. The standard InChI is InChI=1S/C24H24N2O5/c1-16(2)21-9-4-5-10-23(21)31-15-18-13-17(11-12-22(18)30-3)24(27)25-19-7-6-8-20(14-19)26(28)29/h4-14,16H,15H2,1-3H3,(H,25,27). The first-order valence-corrected chi connectivity index (χ1v) is 9.83. The molecule has 0 spiro atoms. The van der Waals surface area contributed by atoms with E-state index in [0.717, 1.165) is 11.3 Å². The fraction of sp³-hybridized carbons (Fsp3) is 0.208. The Bertz CT molecular complexity index is 1090. The van der Waals surface area contributed by atoms with Crippen LogP contribution in [0.4, 0.5) is 11.4 Å². The second kappa shape index (κ2) is 9.75. The Morgan fingerprint density at radius 3 is 2.52 bits per heavy atom. The number of para-hydroxylation sites is 1. The van der Waals surface area contributed by atoms with Crippen molar-refractivity contribution in [2.24, 2.45) is 0 Å². The Balaban J connectivity index is 1.79.